The lowest BCUT2D eigenvalue weighted by Gasteiger charge is -2.30. The van der Waals surface area contributed by atoms with Gasteiger partial charge in [-0.05, 0) is 0 Å². The average Bonchev–Trinajstić information content (AvgIpc) is 3.30. The molecule has 1 unspecified atom stereocenters. The molecule has 206 valence electrons. The lowest BCUT2D eigenvalue weighted by atomic mass is 10.3. The fourth-order valence-electron chi connectivity index (χ4n) is 3.25. The van der Waals surface area contributed by atoms with E-state index in [1.165, 1.54) is 0 Å². The van der Waals surface area contributed by atoms with Crippen molar-refractivity contribution in [1.82, 2.24) is 14.9 Å². The predicted molar refractivity (Wildman–Crippen MR) is 120 cm³/mol. The molecule has 2 N–H and O–H groups in total. The van der Waals surface area contributed by atoms with E-state index in [0.29, 0.717) is 18.2 Å². The van der Waals surface area contributed by atoms with Crippen LogP contribution >= 0.6 is 0 Å². The molecule has 0 aromatic rings. The van der Waals surface area contributed by atoms with E-state index < -0.39 is 48.0 Å². The Hall–Kier alpha value is -3.24. The smallest absolute Gasteiger partial charge is 0.305 e. The second-order valence-electron chi connectivity index (χ2n) is 7.79. The highest BCUT2D eigenvalue weighted by molar-refractivity contribution is 6.13. The SMILES string of the molecule is O=C(O)CCOCCOCCOCCOCCN(C(=O)CCN1C(=O)C=CC1=O)N1C(=O)CC(O)C1=O. The first kappa shape index (κ1) is 30.0. The van der Waals surface area contributed by atoms with Gasteiger partial charge in [-0.25, -0.2) is 5.01 Å². The molecule has 0 saturated carbocycles. The van der Waals surface area contributed by atoms with Crippen molar-refractivity contribution in [2.45, 2.75) is 25.4 Å². The topological polar surface area (TPSA) is 190 Å². The van der Waals surface area contributed by atoms with Crippen LogP contribution in [0.3, 0.4) is 0 Å². The Morgan fingerprint density at radius 3 is 1.84 bits per heavy atom. The number of carbonyl (C=O) groups excluding carboxylic acids is 5. The molecule has 0 radical (unpaired) electrons. The van der Waals surface area contributed by atoms with Crippen molar-refractivity contribution < 1.29 is 57.9 Å². The number of carbonyl (C=O) groups is 6. The molecule has 2 aliphatic rings. The number of carboxylic acid groups (broad SMARTS) is 1. The molecular weight excluding hydrogens is 498 g/mol. The maximum absolute atomic E-state index is 12.8. The first-order valence-corrected chi connectivity index (χ1v) is 11.6. The minimum atomic E-state index is -1.55. The zero-order chi connectivity index (χ0) is 27.2. The molecule has 2 heterocycles. The van der Waals surface area contributed by atoms with Crippen LogP contribution in [0.5, 0.6) is 0 Å². The molecule has 37 heavy (non-hydrogen) atoms. The van der Waals surface area contributed by atoms with E-state index in [1.54, 1.807) is 0 Å². The van der Waals surface area contributed by atoms with Crippen LogP contribution in [-0.2, 0) is 47.7 Å². The maximum Gasteiger partial charge on any atom is 0.305 e. The molecule has 2 aliphatic heterocycles. The number of carboxylic acids is 1. The van der Waals surface area contributed by atoms with E-state index in [-0.39, 0.29) is 65.6 Å². The van der Waals surface area contributed by atoms with E-state index in [2.05, 4.69) is 0 Å². The molecule has 1 fully saturated rings. The van der Waals surface area contributed by atoms with Crippen molar-refractivity contribution in [1.29, 1.82) is 0 Å². The molecule has 0 spiro atoms. The Kier molecular flexibility index (Phi) is 12.8. The highest BCUT2D eigenvalue weighted by Gasteiger charge is 2.42. The van der Waals surface area contributed by atoms with Crippen molar-refractivity contribution >= 4 is 35.5 Å². The number of aliphatic hydroxyl groups is 1. The first-order valence-electron chi connectivity index (χ1n) is 11.6. The van der Waals surface area contributed by atoms with E-state index in [4.69, 9.17) is 24.1 Å². The molecular formula is C22H31N3O12. The number of hydrazine groups is 1. The summed E-state index contributed by atoms with van der Waals surface area (Å²) in [6, 6.07) is 0. The van der Waals surface area contributed by atoms with Crippen LogP contribution in [0.25, 0.3) is 0 Å². The number of rotatable bonds is 19. The van der Waals surface area contributed by atoms with Gasteiger partial charge in [-0.15, -0.1) is 0 Å². The number of aliphatic carboxylic acids is 1. The van der Waals surface area contributed by atoms with E-state index in [0.717, 1.165) is 22.1 Å². The minimum Gasteiger partial charge on any atom is -0.481 e. The largest absolute Gasteiger partial charge is 0.481 e. The van der Waals surface area contributed by atoms with Crippen LogP contribution < -0.4 is 0 Å². The summed E-state index contributed by atoms with van der Waals surface area (Å²) in [4.78, 5) is 71.7. The van der Waals surface area contributed by atoms with Crippen molar-refractivity contribution in [2.75, 3.05) is 65.9 Å². The van der Waals surface area contributed by atoms with Gasteiger partial charge >= 0.3 is 5.97 Å². The van der Waals surface area contributed by atoms with Crippen LogP contribution in [0.4, 0.5) is 0 Å². The van der Waals surface area contributed by atoms with Gasteiger partial charge in [0.2, 0.25) is 5.91 Å². The maximum atomic E-state index is 12.8. The molecule has 0 aliphatic carbocycles. The van der Waals surface area contributed by atoms with Crippen LogP contribution in [0.15, 0.2) is 12.2 Å². The van der Waals surface area contributed by atoms with Gasteiger partial charge in [0.25, 0.3) is 23.6 Å². The zero-order valence-electron chi connectivity index (χ0n) is 20.2. The third-order valence-electron chi connectivity index (χ3n) is 5.10. The summed E-state index contributed by atoms with van der Waals surface area (Å²) in [6.07, 6.45) is -0.256. The minimum absolute atomic E-state index is 0.0600. The number of hydrogen-bond acceptors (Lipinski definition) is 11. The molecule has 0 bridgehead atoms. The van der Waals surface area contributed by atoms with Gasteiger partial charge in [-0.2, -0.15) is 5.01 Å². The van der Waals surface area contributed by atoms with Gasteiger partial charge in [0.15, 0.2) is 0 Å². The highest BCUT2D eigenvalue weighted by atomic mass is 16.6. The second-order valence-corrected chi connectivity index (χ2v) is 7.79. The van der Waals surface area contributed by atoms with Crippen LogP contribution in [0, 0.1) is 0 Å². The Bertz CT molecular complexity index is 859. The molecule has 2 rings (SSSR count). The molecule has 1 atom stereocenters. The Balaban J connectivity index is 1.66. The molecule has 1 saturated heterocycles. The summed E-state index contributed by atoms with van der Waals surface area (Å²) in [5.41, 5.74) is 0. The van der Waals surface area contributed by atoms with Gasteiger partial charge in [0, 0.05) is 25.1 Å². The summed E-state index contributed by atoms with van der Waals surface area (Å²) in [5, 5.41) is 19.6. The number of aliphatic hydroxyl groups excluding tert-OH is 1. The average molecular weight is 529 g/mol. The summed E-state index contributed by atoms with van der Waals surface area (Å²) < 4.78 is 21.1. The lowest BCUT2D eigenvalue weighted by molar-refractivity contribution is -0.171. The van der Waals surface area contributed by atoms with Crippen LogP contribution in [0.1, 0.15) is 19.3 Å². The molecule has 15 heteroatoms. The van der Waals surface area contributed by atoms with Crippen molar-refractivity contribution in [2.24, 2.45) is 0 Å². The lowest BCUT2D eigenvalue weighted by Crippen LogP contribution is -2.52. The van der Waals surface area contributed by atoms with Crippen molar-refractivity contribution in [3.63, 3.8) is 0 Å². The second kappa shape index (κ2) is 15.8. The summed E-state index contributed by atoms with van der Waals surface area (Å²) in [6.45, 7) is 1.13. The van der Waals surface area contributed by atoms with E-state index in [1.807, 2.05) is 0 Å². The van der Waals surface area contributed by atoms with E-state index in [9.17, 15) is 33.9 Å². The molecule has 0 aromatic heterocycles. The standard InChI is InChI=1S/C22H31N3O12/c26-16-15-20(30)25(22(16)33)24(19(29)3-5-23-17(27)1-2-18(23)28)6-8-35-10-12-37-14-13-36-11-9-34-7-4-21(31)32/h1-2,16,26H,3-15H2,(H,31,32). The van der Waals surface area contributed by atoms with Gasteiger partial charge in [0.05, 0.1) is 72.2 Å². The predicted octanol–water partition coefficient (Wildman–Crippen LogP) is -2.29. The fourth-order valence-corrected chi connectivity index (χ4v) is 3.25. The number of ether oxygens (including phenoxy) is 4. The number of imide groups is 2. The van der Waals surface area contributed by atoms with Crippen LogP contribution in [-0.4, -0.2) is 133 Å². The molecule has 15 nitrogen and oxygen atoms in total. The Morgan fingerprint density at radius 1 is 0.838 bits per heavy atom. The molecule has 5 amide bonds. The van der Waals surface area contributed by atoms with Crippen LogP contribution in [0.2, 0.25) is 0 Å². The highest BCUT2D eigenvalue weighted by Crippen LogP contribution is 2.17. The van der Waals surface area contributed by atoms with Crippen molar-refractivity contribution in [3.05, 3.63) is 12.2 Å². The van der Waals surface area contributed by atoms with E-state index >= 15 is 0 Å². The monoisotopic (exact) mass is 529 g/mol. The molecule has 0 aromatic carbocycles. The third-order valence-corrected chi connectivity index (χ3v) is 5.10. The number of hydrogen-bond donors (Lipinski definition) is 2. The Morgan fingerprint density at radius 2 is 1.35 bits per heavy atom. The van der Waals surface area contributed by atoms with Gasteiger partial charge in [0.1, 0.15) is 6.10 Å². The quantitative estimate of drug-likeness (QED) is 0.135. The van der Waals surface area contributed by atoms with Crippen molar-refractivity contribution in [3.8, 4) is 0 Å². The Labute approximate surface area is 212 Å². The first-order chi connectivity index (χ1) is 17.7. The normalized spacial score (nSPS) is 17.4. The fraction of sp³-hybridized carbons (Fsp3) is 0.636. The van der Waals surface area contributed by atoms with Gasteiger partial charge in [-0.3, -0.25) is 33.7 Å². The summed E-state index contributed by atoms with van der Waals surface area (Å²) in [5.74, 6) is -4.46. The third kappa shape index (κ3) is 9.97. The summed E-state index contributed by atoms with van der Waals surface area (Å²) in [7, 11) is 0. The zero-order valence-corrected chi connectivity index (χ0v) is 20.2. The number of amides is 5. The summed E-state index contributed by atoms with van der Waals surface area (Å²) >= 11 is 0. The van der Waals surface area contributed by atoms with Gasteiger partial charge in [-0.1, -0.05) is 0 Å². The number of nitrogens with zero attached hydrogens (tertiary/aromatic N) is 3. The van der Waals surface area contributed by atoms with Gasteiger partial charge < -0.3 is 29.2 Å².